The van der Waals surface area contributed by atoms with Crippen LogP contribution < -0.4 is 5.73 Å². The number of nitrogens with zero attached hydrogens (tertiary/aromatic N) is 3. The summed E-state index contributed by atoms with van der Waals surface area (Å²) in [6.45, 7) is 4.00. The SMILES string of the molecule is CC(O)Cn1nncc1C(C)N. The predicted octanol–water partition coefficient (Wildman–Crippen LogP) is -0.321. The summed E-state index contributed by atoms with van der Waals surface area (Å²) in [6.07, 6.45) is 1.19. The quantitative estimate of drug-likeness (QED) is 0.651. The minimum Gasteiger partial charge on any atom is -0.391 e. The first-order valence-electron chi connectivity index (χ1n) is 3.93. The molecule has 0 amide bonds. The van der Waals surface area contributed by atoms with E-state index in [0.717, 1.165) is 5.69 Å². The molecule has 1 rings (SSSR count). The van der Waals surface area contributed by atoms with Crippen molar-refractivity contribution in [1.29, 1.82) is 0 Å². The van der Waals surface area contributed by atoms with Gasteiger partial charge in [0.2, 0.25) is 0 Å². The van der Waals surface area contributed by atoms with Crippen molar-refractivity contribution in [2.45, 2.75) is 32.5 Å². The molecule has 68 valence electrons. The first kappa shape index (κ1) is 9.15. The van der Waals surface area contributed by atoms with Gasteiger partial charge in [0.1, 0.15) is 0 Å². The van der Waals surface area contributed by atoms with E-state index in [-0.39, 0.29) is 6.04 Å². The second-order valence-corrected chi connectivity index (χ2v) is 2.98. The zero-order valence-electron chi connectivity index (χ0n) is 7.31. The van der Waals surface area contributed by atoms with E-state index < -0.39 is 6.10 Å². The summed E-state index contributed by atoms with van der Waals surface area (Å²) in [6, 6.07) is -0.0984. The molecule has 0 aliphatic rings. The summed E-state index contributed by atoms with van der Waals surface area (Å²) < 4.78 is 1.62. The fourth-order valence-electron chi connectivity index (χ4n) is 1.01. The van der Waals surface area contributed by atoms with Gasteiger partial charge in [-0.2, -0.15) is 0 Å². The van der Waals surface area contributed by atoms with Crippen molar-refractivity contribution >= 4 is 0 Å². The van der Waals surface area contributed by atoms with Gasteiger partial charge in [0, 0.05) is 6.04 Å². The Labute approximate surface area is 71.2 Å². The Balaban J connectivity index is 2.77. The van der Waals surface area contributed by atoms with Gasteiger partial charge < -0.3 is 10.8 Å². The molecule has 0 saturated heterocycles. The summed E-state index contributed by atoms with van der Waals surface area (Å²) in [5.74, 6) is 0. The molecule has 5 nitrogen and oxygen atoms in total. The first-order chi connectivity index (χ1) is 5.61. The lowest BCUT2D eigenvalue weighted by molar-refractivity contribution is 0.165. The van der Waals surface area contributed by atoms with E-state index >= 15 is 0 Å². The molecular formula is C7H14N4O. The minimum absolute atomic E-state index is 0.0984. The van der Waals surface area contributed by atoms with Gasteiger partial charge in [0.25, 0.3) is 0 Å². The van der Waals surface area contributed by atoms with Crippen LogP contribution in [-0.2, 0) is 6.54 Å². The molecule has 1 aromatic rings. The van der Waals surface area contributed by atoms with Crippen molar-refractivity contribution < 1.29 is 5.11 Å². The lowest BCUT2D eigenvalue weighted by atomic mass is 10.2. The van der Waals surface area contributed by atoms with E-state index in [2.05, 4.69) is 10.3 Å². The average Bonchev–Trinajstić information content (AvgIpc) is 2.33. The maximum atomic E-state index is 9.10. The van der Waals surface area contributed by atoms with Crippen molar-refractivity contribution in [2.24, 2.45) is 5.73 Å². The summed E-state index contributed by atoms with van der Waals surface area (Å²) >= 11 is 0. The van der Waals surface area contributed by atoms with Gasteiger partial charge in [-0.15, -0.1) is 5.10 Å². The zero-order valence-corrected chi connectivity index (χ0v) is 7.31. The van der Waals surface area contributed by atoms with Gasteiger partial charge in [-0.25, -0.2) is 4.68 Å². The monoisotopic (exact) mass is 170 g/mol. The van der Waals surface area contributed by atoms with Crippen LogP contribution in [0.4, 0.5) is 0 Å². The van der Waals surface area contributed by atoms with Crippen LogP contribution in [-0.4, -0.2) is 26.2 Å². The van der Waals surface area contributed by atoms with E-state index in [9.17, 15) is 0 Å². The number of rotatable bonds is 3. The van der Waals surface area contributed by atoms with Crippen LogP contribution in [0.2, 0.25) is 0 Å². The molecule has 12 heavy (non-hydrogen) atoms. The van der Waals surface area contributed by atoms with Crippen LogP contribution in [0.15, 0.2) is 6.20 Å². The van der Waals surface area contributed by atoms with Crippen LogP contribution in [0.3, 0.4) is 0 Å². The molecule has 1 heterocycles. The molecule has 2 atom stereocenters. The number of nitrogens with two attached hydrogens (primary N) is 1. The maximum Gasteiger partial charge on any atom is 0.0752 e. The van der Waals surface area contributed by atoms with Crippen LogP contribution >= 0.6 is 0 Å². The molecule has 0 aliphatic carbocycles. The molecule has 0 saturated carbocycles. The van der Waals surface area contributed by atoms with Crippen molar-refractivity contribution in [3.8, 4) is 0 Å². The predicted molar refractivity (Wildman–Crippen MR) is 44.3 cm³/mol. The first-order valence-corrected chi connectivity index (χ1v) is 3.93. The second-order valence-electron chi connectivity index (χ2n) is 2.98. The largest absolute Gasteiger partial charge is 0.391 e. The number of aliphatic hydroxyl groups is 1. The Hall–Kier alpha value is -0.940. The third kappa shape index (κ3) is 2.02. The Morgan fingerprint density at radius 3 is 2.83 bits per heavy atom. The Morgan fingerprint density at radius 1 is 1.67 bits per heavy atom. The van der Waals surface area contributed by atoms with Gasteiger partial charge >= 0.3 is 0 Å². The molecule has 0 aliphatic heterocycles. The smallest absolute Gasteiger partial charge is 0.0752 e. The van der Waals surface area contributed by atoms with Crippen LogP contribution in [0, 0.1) is 0 Å². The molecule has 5 heteroatoms. The van der Waals surface area contributed by atoms with Crippen molar-refractivity contribution in [3.05, 3.63) is 11.9 Å². The molecule has 0 fully saturated rings. The topological polar surface area (TPSA) is 77.0 Å². The molecule has 1 aromatic heterocycles. The Kier molecular flexibility index (Phi) is 2.78. The summed E-state index contributed by atoms with van der Waals surface area (Å²) in [7, 11) is 0. The highest BCUT2D eigenvalue weighted by atomic mass is 16.3. The van der Waals surface area contributed by atoms with E-state index in [1.165, 1.54) is 0 Å². The van der Waals surface area contributed by atoms with Crippen LogP contribution in [0.1, 0.15) is 25.6 Å². The highest BCUT2D eigenvalue weighted by molar-refractivity contribution is 4.99. The lowest BCUT2D eigenvalue weighted by Gasteiger charge is -2.09. The van der Waals surface area contributed by atoms with E-state index in [0.29, 0.717) is 6.54 Å². The summed E-state index contributed by atoms with van der Waals surface area (Å²) in [4.78, 5) is 0. The van der Waals surface area contributed by atoms with E-state index in [1.807, 2.05) is 6.92 Å². The molecule has 2 unspecified atom stereocenters. The van der Waals surface area contributed by atoms with Gasteiger partial charge in [-0.1, -0.05) is 5.21 Å². The molecule has 3 N–H and O–H groups in total. The lowest BCUT2D eigenvalue weighted by Crippen LogP contribution is -2.19. The van der Waals surface area contributed by atoms with Crippen LogP contribution in [0.25, 0.3) is 0 Å². The standard InChI is InChI=1S/C7H14N4O/c1-5(12)4-11-7(6(2)8)3-9-10-11/h3,5-6,12H,4,8H2,1-2H3. The summed E-state index contributed by atoms with van der Waals surface area (Å²) in [5, 5.41) is 16.6. The molecule has 0 spiro atoms. The fourth-order valence-corrected chi connectivity index (χ4v) is 1.01. The van der Waals surface area contributed by atoms with Crippen molar-refractivity contribution in [2.75, 3.05) is 0 Å². The maximum absolute atomic E-state index is 9.10. The minimum atomic E-state index is -0.427. The van der Waals surface area contributed by atoms with Crippen molar-refractivity contribution in [3.63, 3.8) is 0 Å². The Bertz CT molecular complexity index is 243. The summed E-state index contributed by atoms with van der Waals surface area (Å²) in [5.41, 5.74) is 6.50. The van der Waals surface area contributed by atoms with Gasteiger partial charge in [0.15, 0.2) is 0 Å². The highest BCUT2D eigenvalue weighted by Crippen LogP contribution is 2.06. The van der Waals surface area contributed by atoms with E-state index in [1.54, 1.807) is 17.8 Å². The number of aromatic nitrogens is 3. The average molecular weight is 170 g/mol. The fraction of sp³-hybridized carbons (Fsp3) is 0.714. The normalized spacial score (nSPS) is 16.0. The van der Waals surface area contributed by atoms with E-state index in [4.69, 9.17) is 10.8 Å². The third-order valence-electron chi connectivity index (χ3n) is 1.55. The molecule has 0 radical (unpaired) electrons. The molecular weight excluding hydrogens is 156 g/mol. The third-order valence-corrected chi connectivity index (χ3v) is 1.55. The van der Waals surface area contributed by atoms with Gasteiger partial charge in [-0.05, 0) is 13.8 Å². The molecule has 0 bridgehead atoms. The zero-order chi connectivity index (χ0) is 9.14. The van der Waals surface area contributed by atoms with Gasteiger partial charge in [-0.3, -0.25) is 0 Å². The number of hydrogen-bond acceptors (Lipinski definition) is 4. The van der Waals surface area contributed by atoms with Crippen molar-refractivity contribution in [1.82, 2.24) is 15.0 Å². The van der Waals surface area contributed by atoms with Gasteiger partial charge in [0.05, 0.1) is 24.5 Å². The number of aliphatic hydroxyl groups excluding tert-OH is 1. The second kappa shape index (κ2) is 3.64. The number of hydrogen-bond donors (Lipinski definition) is 2. The molecule has 0 aromatic carbocycles. The van der Waals surface area contributed by atoms with Crippen LogP contribution in [0.5, 0.6) is 0 Å². The highest BCUT2D eigenvalue weighted by Gasteiger charge is 2.09. The Morgan fingerprint density at radius 2 is 2.33 bits per heavy atom.